The molecule has 1 aromatic heterocycles. The molecule has 3 heteroatoms. The number of rotatable bonds is 1. The minimum Gasteiger partial charge on any atom is -0.391 e. The highest BCUT2D eigenvalue weighted by Crippen LogP contribution is 2.21. The first-order chi connectivity index (χ1) is 7.16. The summed E-state index contributed by atoms with van der Waals surface area (Å²) in [5.41, 5.74) is 1.03. The van der Waals surface area contributed by atoms with Gasteiger partial charge in [0, 0.05) is 18.8 Å². The molecule has 2 heterocycles. The molecule has 2 atom stereocenters. The number of aliphatic hydroxyl groups is 1. The Labute approximate surface area is 90.8 Å². The van der Waals surface area contributed by atoms with E-state index in [2.05, 4.69) is 16.8 Å². The van der Waals surface area contributed by atoms with Crippen molar-refractivity contribution in [2.45, 2.75) is 26.4 Å². The highest BCUT2D eigenvalue weighted by molar-refractivity contribution is 5.39. The third-order valence-electron chi connectivity index (χ3n) is 3.12. The number of anilines is 1. The summed E-state index contributed by atoms with van der Waals surface area (Å²) in [4.78, 5) is 6.64. The molecule has 0 saturated carbocycles. The minimum absolute atomic E-state index is 0.221. The van der Waals surface area contributed by atoms with Crippen LogP contribution in [0.5, 0.6) is 0 Å². The average Bonchev–Trinajstić information content (AvgIpc) is 2.22. The summed E-state index contributed by atoms with van der Waals surface area (Å²) in [6.45, 7) is 5.80. The topological polar surface area (TPSA) is 36.4 Å². The maximum absolute atomic E-state index is 9.81. The van der Waals surface area contributed by atoms with Crippen LogP contribution in [0.2, 0.25) is 0 Å². The van der Waals surface area contributed by atoms with Gasteiger partial charge in [0.25, 0.3) is 0 Å². The standard InChI is InChI=1S/C12H18N2O/c1-9-6-7-14(8-11(9)15)12-5-3-4-10(2)13-12/h3-5,9,11,15H,6-8H2,1-2H3. The van der Waals surface area contributed by atoms with Gasteiger partial charge in [0.2, 0.25) is 0 Å². The smallest absolute Gasteiger partial charge is 0.128 e. The summed E-state index contributed by atoms with van der Waals surface area (Å²) in [6, 6.07) is 6.02. The molecule has 1 N–H and O–H groups in total. The van der Waals surface area contributed by atoms with E-state index in [4.69, 9.17) is 0 Å². The molecule has 0 aliphatic carbocycles. The Kier molecular flexibility index (Phi) is 2.91. The Morgan fingerprint density at radius 3 is 2.93 bits per heavy atom. The Bertz CT molecular complexity index is 340. The van der Waals surface area contributed by atoms with E-state index < -0.39 is 0 Å². The van der Waals surface area contributed by atoms with Crippen LogP contribution in [-0.2, 0) is 0 Å². The maximum atomic E-state index is 9.81. The summed E-state index contributed by atoms with van der Waals surface area (Å²) < 4.78 is 0. The molecular formula is C12H18N2O. The van der Waals surface area contributed by atoms with E-state index >= 15 is 0 Å². The van der Waals surface area contributed by atoms with Gasteiger partial charge in [0.05, 0.1) is 6.10 Å². The summed E-state index contributed by atoms with van der Waals surface area (Å²) >= 11 is 0. The van der Waals surface area contributed by atoms with Gasteiger partial charge in [-0.2, -0.15) is 0 Å². The van der Waals surface area contributed by atoms with Crippen LogP contribution in [0.1, 0.15) is 19.0 Å². The summed E-state index contributed by atoms with van der Waals surface area (Å²) in [5, 5.41) is 9.81. The number of pyridine rings is 1. The quantitative estimate of drug-likeness (QED) is 0.758. The lowest BCUT2D eigenvalue weighted by molar-refractivity contribution is 0.102. The van der Waals surface area contributed by atoms with Crippen molar-refractivity contribution in [3.63, 3.8) is 0 Å². The van der Waals surface area contributed by atoms with Gasteiger partial charge in [-0.25, -0.2) is 4.98 Å². The van der Waals surface area contributed by atoms with E-state index in [0.717, 1.165) is 24.5 Å². The largest absolute Gasteiger partial charge is 0.391 e. The van der Waals surface area contributed by atoms with E-state index in [1.54, 1.807) is 0 Å². The Balaban J connectivity index is 2.12. The van der Waals surface area contributed by atoms with Gasteiger partial charge >= 0.3 is 0 Å². The second-order valence-corrected chi connectivity index (χ2v) is 4.42. The molecule has 3 nitrogen and oxygen atoms in total. The van der Waals surface area contributed by atoms with Crippen molar-refractivity contribution < 1.29 is 5.11 Å². The molecule has 0 aromatic carbocycles. The van der Waals surface area contributed by atoms with Crippen molar-refractivity contribution in [2.75, 3.05) is 18.0 Å². The number of β-amino-alcohol motifs (C(OH)–C–C–N with tert-alkyl or cyclic N) is 1. The Morgan fingerprint density at radius 1 is 1.47 bits per heavy atom. The highest BCUT2D eigenvalue weighted by Gasteiger charge is 2.24. The van der Waals surface area contributed by atoms with Gasteiger partial charge in [-0.1, -0.05) is 13.0 Å². The van der Waals surface area contributed by atoms with E-state index in [0.29, 0.717) is 12.5 Å². The lowest BCUT2D eigenvalue weighted by Crippen LogP contribution is -2.43. The van der Waals surface area contributed by atoms with Crippen LogP contribution < -0.4 is 4.90 Å². The maximum Gasteiger partial charge on any atom is 0.128 e. The van der Waals surface area contributed by atoms with Crippen LogP contribution >= 0.6 is 0 Å². The molecule has 1 aromatic rings. The molecular weight excluding hydrogens is 188 g/mol. The molecule has 2 unspecified atom stereocenters. The molecule has 1 saturated heterocycles. The van der Waals surface area contributed by atoms with Crippen molar-refractivity contribution in [1.82, 2.24) is 4.98 Å². The second-order valence-electron chi connectivity index (χ2n) is 4.42. The molecule has 1 aliphatic heterocycles. The molecule has 0 amide bonds. The van der Waals surface area contributed by atoms with E-state index in [9.17, 15) is 5.11 Å². The zero-order valence-corrected chi connectivity index (χ0v) is 9.35. The van der Waals surface area contributed by atoms with Crippen LogP contribution in [0, 0.1) is 12.8 Å². The van der Waals surface area contributed by atoms with E-state index in [1.165, 1.54) is 0 Å². The van der Waals surface area contributed by atoms with Gasteiger partial charge in [0.15, 0.2) is 0 Å². The molecule has 1 aliphatic rings. The Morgan fingerprint density at radius 2 is 2.27 bits per heavy atom. The normalized spacial score (nSPS) is 26.7. The fourth-order valence-corrected chi connectivity index (χ4v) is 1.96. The lowest BCUT2D eigenvalue weighted by atomic mass is 9.96. The number of hydrogen-bond donors (Lipinski definition) is 1. The zero-order chi connectivity index (χ0) is 10.8. The molecule has 0 radical (unpaired) electrons. The van der Waals surface area contributed by atoms with Crippen molar-refractivity contribution in [3.8, 4) is 0 Å². The molecule has 15 heavy (non-hydrogen) atoms. The van der Waals surface area contributed by atoms with E-state index in [-0.39, 0.29) is 6.10 Å². The number of nitrogens with zero attached hydrogens (tertiary/aromatic N) is 2. The molecule has 0 bridgehead atoms. The number of piperidine rings is 1. The van der Waals surface area contributed by atoms with Crippen LogP contribution in [0.4, 0.5) is 5.82 Å². The second kappa shape index (κ2) is 4.19. The summed E-state index contributed by atoms with van der Waals surface area (Å²) in [5.74, 6) is 1.40. The number of aromatic nitrogens is 1. The fourth-order valence-electron chi connectivity index (χ4n) is 1.96. The SMILES string of the molecule is Cc1cccc(N2CCC(C)C(O)C2)n1. The van der Waals surface area contributed by atoms with Gasteiger partial charge in [-0.15, -0.1) is 0 Å². The fraction of sp³-hybridized carbons (Fsp3) is 0.583. The van der Waals surface area contributed by atoms with Crippen LogP contribution in [-0.4, -0.2) is 29.3 Å². The summed E-state index contributed by atoms with van der Waals surface area (Å²) in [6.07, 6.45) is 0.817. The number of aryl methyl sites for hydroxylation is 1. The number of aliphatic hydroxyl groups excluding tert-OH is 1. The van der Waals surface area contributed by atoms with E-state index in [1.807, 2.05) is 25.1 Å². The summed E-state index contributed by atoms with van der Waals surface area (Å²) in [7, 11) is 0. The van der Waals surface area contributed by atoms with Gasteiger partial charge < -0.3 is 10.0 Å². The first-order valence-corrected chi connectivity index (χ1v) is 5.53. The predicted octanol–water partition coefficient (Wildman–Crippen LogP) is 1.60. The van der Waals surface area contributed by atoms with Gasteiger partial charge in [-0.05, 0) is 31.4 Å². The average molecular weight is 206 g/mol. The third-order valence-corrected chi connectivity index (χ3v) is 3.12. The van der Waals surface area contributed by atoms with Crippen molar-refractivity contribution in [1.29, 1.82) is 0 Å². The molecule has 1 fully saturated rings. The van der Waals surface area contributed by atoms with Crippen molar-refractivity contribution >= 4 is 5.82 Å². The first kappa shape index (κ1) is 10.4. The zero-order valence-electron chi connectivity index (χ0n) is 9.35. The lowest BCUT2D eigenvalue weighted by Gasteiger charge is -2.35. The molecule has 82 valence electrons. The van der Waals surface area contributed by atoms with Crippen LogP contribution in [0.3, 0.4) is 0 Å². The Hall–Kier alpha value is -1.09. The first-order valence-electron chi connectivity index (χ1n) is 5.53. The van der Waals surface area contributed by atoms with Gasteiger partial charge in [0.1, 0.15) is 5.82 Å². The number of hydrogen-bond acceptors (Lipinski definition) is 3. The molecule has 0 spiro atoms. The molecule has 2 rings (SSSR count). The van der Waals surface area contributed by atoms with Gasteiger partial charge in [-0.3, -0.25) is 0 Å². The van der Waals surface area contributed by atoms with Crippen molar-refractivity contribution in [3.05, 3.63) is 23.9 Å². The highest BCUT2D eigenvalue weighted by atomic mass is 16.3. The monoisotopic (exact) mass is 206 g/mol. The van der Waals surface area contributed by atoms with Crippen LogP contribution in [0.25, 0.3) is 0 Å². The predicted molar refractivity (Wildman–Crippen MR) is 61.0 cm³/mol. The van der Waals surface area contributed by atoms with Crippen molar-refractivity contribution in [2.24, 2.45) is 5.92 Å². The van der Waals surface area contributed by atoms with Crippen LogP contribution in [0.15, 0.2) is 18.2 Å². The minimum atomic E-state index is -0.221. The third kappa shape index (κ3) is 2.29.